The van der Waals surface area contributed by atoms with Gasteiger partial charge in [-0.15, -0.1) is 22.7 Å². The van der Waals surface area contributed by atoms with Crippen molar-refractivity contribution in [2.45, 2.75) is 40.3 Å². The maximum Gasteiger partial charge on any atom is 0.359 e. The Morgan fingerprint density at radius 1 is 1.30 bits per heavy atom. The Morgan fingerprint density at radius 3 is 2.83 bits per heavy atom. The highest BCUT2D eigenvalue weighted by Gasteiger charge is 2.32. The molecule has 9 heteroatoms. The molecule has 0 unspecified atom stereocenters. The zero-order valence-corrected chi connectivity index (χ0v) is 18.9. The number of carbonyl (C=O) groups excluding carboxylic acids is 2. The van der Waals surface area contributed by atoms with Crippen molar-refractivity contribution in [3.05, 3.63) is 45.5 Å². The molecule has 3 aromatic heterocycles. The number of hydrogen-bond acceptors (Lipinski definition) is 7. The second-order valence-electron chi connectivity index (χ2n) is 7.56. The summed E-state index contributed by atoms with van der Waals surface area (Å²) in [4.78, 5) is 32.9. The van der Waals surface area contributed by atoms with Gasteiger partial charge in [0.15, 0.2) is 5.69 Å². The molecule has 1 amide bonds. The lowest BCUT2D eigenvalue weighted by Crippen LogP contribution is -2.37. The van der Waals surface area contributed by atoms with Crippen LogP contribution in [0.4, 0.5) is 0 Å². The third-order valence-electron chi connectivity index (χ3n) is 4.88. The van der Waals surface area contributed by atoms with Gasteiger partial charge in [0.25, 0.3) is 5.91 Å². The summed E-state index contributed by atoms with van der Waals surface area (Å²) < 4.78 is 7.12. The van der Waals surface area contributed by atoms with E-state index in [0.717, 1.165) is 27.7 Å². The van der Waals surface area contributed by atoms with Gasteiger partial charge in [0.1, 0.15) is 10.7 Å². The van der Waals surface area contributed by atoms with Crippen LogP contribution in [-0.4, -0.2) is 44.7 Å². The van der Waals surface area contributed by atoms with Crippen LogP contribution >= 0.6 is 22.7 Å². The highest BCUT2D eigenvalue weighted by molar-refractivity contribution is 7.20. The number of amides is 1. The maximum absolute atomic E-state index is 13.1. The van der Waals surface area contributed by atoms with Gasteiger partial charge in [-0.3, -0.25) is 9.48 Å². The summed E-state index contributed by atoms with van der Waals surface area (Å²) in [7, 11) is 0. The van der Waals surface area contributed by atoms with Crippen LogP contribution in [0.1, 0.15) is 53.0 Å². The summed E-state index contributed by atoms with van der Waals surface area (Å²) in [5, 5.41) is 9.20. The van der Waals surface area contributed by atoms with Crippen molar-refractivity contribution in [2.24, 2.45) is 5.92 Å². The number of aromatic nitrogens is 3. The van der Waals surface area contributed by atoms with E-state index in [1.807, 2.05) is 22.2 Å². The van der Waals surface area contributed by atoms with Crippen LogP contribution in [0.25, 0.3) is 9.88 Å². The molecule has 3 aromatic rings. The van der Waals surface area contributed by atoms with Crippen molar-refractivity contribution in [1.82, 2.24) is 19.7 Å². The Labute approximate surface area is 183 Å². The standard InChI is InChI=1S/C21H24N4O3S2/c1-4-28-21(27)18-14-11-24(8-7-16(14)25(23-18)10-13(2)3)20(26)15-12-30-19(22-15)17-6-5-9-29-17/h5-6,9,12-13H,4,7-8,10-11H2,1-3H3. The maximum atomic E-state index is 13.1. The lowest BCUT2D eigenvalue weighted by Gasteiger charge is -2.27. The fourth-order valence-corrected chi connectivity index (χ4v) is 5.18. The summed E-state index contributed by atoms with van der Waals surface area (Å²) >= 11 is 3.08. The van der Waals surface area contributed by atoms with E-state index in [1.165, 1.54) is 11.3 Å². The van der Waals surface area contributed by atoms with E-state index < -0.39 is 5.97 Å². The van der Waals surface area contributed by atoms with Gasteiger partial charge in [0, 0.05) is 36.1 Å². The summed E-state index contributed by atoms with van der Waals surface area (Å²) in [6, 6.07) is 3.97. The Kier molecular flexibility index (Phi) is 6.01. The molecule has 0 fully saturated rings. The molecule has 0 bridgehead atoms. The minimum absolute atomic E-state index is 0.119. The number of thiazole rings is 1. The second-order valence-corrected chi connectivity index (χ2v) is 9.37. The number of esters is 1. The minimum atomic E-state index is -0.431. The Bertz CT molecular complexity index is 1050. The number of ether oxygens (including phenoxy) is 1. The number of fused-ring (bicyclic) bond motifs is 1. The minimum Gasteiger partial charge on any atom is -0.461 e. The van der Waals surface area contributed by atoms with Crippen molar-refractivity contribution < 1.29 is 14.3 Å². The van der Waals surface area contributed by atoms with Gasteiger partial charge in [0.2, 0.25) is 0 Å². The van der Waals surface area contributed by atoms with E-state index in [4.69, 9.17) is 4.74 Å². The molecule has 0 radical (unpaired) electrons. The molecule has 0 atom stereocenters. The molecule has 1 aliphatic heterocycles. The van der Waals surface area contributed by atoms with E-state index in [0.29, 0.717) is 36.8 Å². The summed E-state index contributed by atoms with van der Waals surface area (Å²) in [6.07, 6.45) is 0.655. The lowest BCUT2D eigenvalue weighted by atomic mass is 10.0. The average molecular weight is 445 g/mol. The van der Waals surface area contributed by atoms with Crippen LogP contribution in [-0.2, 0) is 24.2 Å². The molecule has 4 rings (SSSR count). The second kappa shape index (κ2) is 8.69. The Morgan fingerprint density at radius 2 is 2.13 bits per heavy atom. The molecule has 0 aromatic carbocycles. The van der Waals surface area contributed by atoms with Gasteiger partial charge < -0.3 is 9.64 Å². The summed E-state index contributed by atoms with van der Waals surface area (Å²) in [5.74, 6) is -0.153. The molecule has 0 aliphatic carbocycles. The van der Waals surface area contributed by atoms with Gasteiger partial charge in [-0.1, -0.05) is 19.9 Å². The van der Waals surface area contributed by atoms with Gasteiger partial charge in [-0.25, -0.2) is 9.78 Å². The number of hydrogen-bond donors (Lipinski definition) is 0. The molecule has 0 N–H and O–H groups in total. The third-order valence-corrected chi connectivity index (χ3v) is 6.76. The molecule has 0 spiro atoms. The molecular formula is C21H24N4O3S2. The zero-order chi connectivity index (χ0) is 21.3. The van der Waals surface area contributed by atoms with Crippen LogP contribution in [0.5, 0.6) is 0 Å². The molecule has 4 heterocycles. The van der Waals surface area contributed by atoms with Gasteiger partial charge in [0.05, 0.1) is 18.0 Å². The first-order chi connectivity index (χ1) is 14.5. The van der Waals surface area contributed by atoms with E-state index >= 15 is 0 Å². The third kappa shape index (κ3) is 4.04. The molecular weight excluding hydrogens is 420 g/mol. The normalized spacial score (nSPS) is 13.5. The summed E-state index contributed by atoms with van der Waals surface area (Å²) in [6.45, 7) is 7.94. The van der Waals surface area contributed by atoms with Gasteiger partial charge in [-0.05, 0) is 24.3 Å². The molecule has 1 aliphatic rings. The smallest absolute Gasteiger partial charge is 0.359 e. The van der Waals surface area contributed by atoms with E-state index in [1.54, 1.807) is 28.5 Å². The van der Waals surface area contributed by atoms with Gasteiger partial charge in [-0.2, -0.15) is 5.10 Å². The molecule has 158 valence electrons. The van der Waals surface area contributed by atoms with Crippen LogP contribution in [0.2, 0.25) is 0 Å². The van der Waals surface area contributed by atoms with Crippen LogP contribution < -0.4 is 0 Å². The van der Waals surface area contributed by atoms with E-state index in [-0.39, 0.29) is 12.5 Å². The average Bonchev–Trinajstić information content (AvgIpc) is 3.46. The molecule has 0 saturated carbocycles. The number of thiophene rings is 1. The fourth-order valence-electron chi connectivity index (χ4n) is 3.57. The lowest BCUT2D eigenvalue weighted by molar-refractivity contribution is 0.0512. The van der Waals surface area contributed by atoms with E-state index in [2.05, 4.69) is 23.9 Å². The van der Waals surface area contributed by atoms with Crippen molar-refractivity contribution in [1.29, 1.82) is 0 Å². The van der Waals surface area contributed by atoms with Gasteiger partial charge >= 0.3 is 5.97 Å². The Balaban J connectivity index is 1.59. The molecule has 0 saturated heterocycles. The van der Waals surface area contributed by atoms with Crippen LogP contribution in [0.3, 0.4) is 0 Å². The van der Waals surface area contributed by atoms with Crippen molar-refractivity contribution in [3.8, 4) is 9.88 Å². The number of rotatable bonds is 6. The fraction of sp³-hybridized carbons (Fsp3) is 0.429. The first-order valence-corrected chi connectivity index (χ1v) is 11.8. The van der Waals surface area contributed by atoms with Crippen molar-refractivity contribution in [2.75, 3.05) is 13.2 Å². The first kappa shape index (κ1) is 20.7. The van der Waals surface area contributed by atoms with Crippen LogP contribution in [0.15, 0.2) is 22.9 Å². The quantitative estimate of drug-likeness (QED) is 0.535. The topological polar surface area (TPSA) is 77.3 Å². The molecule has 30 heavy (non-hydrogen) atoms. The summed E-state index contributed by atoms with van der Waals surface area (Å²) in [5.41, 5.74) is 2.58. The highest BCUT2D eigenvalue weighted by Crippen LogP contribution is 2.30. The number of nitrogens with zero attached hydrogens (tertiary/aromatic N) is 4. The van der Waals surface area contributed by atoms with E-state index in [9.17, 15) is 9.59 Å². The largest absolute Gasteiger partial charge is 0.461 e. The predicted molar refractivity (Wildman–Crippen MR) is 117 cm³/mol. The number of carbonyl (C=O) groups is 2. The monoisotopic (exact) mass is 444 g/mol. The van der Waals surface area contributed by atoms with Crippen LogP contribution in [0, 0.1) is 5.92 Å². The highest BCUT2D eigenvalue weighted by atomic mass is 32.1. The zero-order valence-electron chi connectivity index (χ0n) is 17.3. The molecule has 7 nitrogen and oxygen atoms in total. The first-order valence-electron chi connectivity index (χ1n) is 10.0. The van der Waals surface area contributed by atoms with Crippen molar-refractivity contribution >= 4 is 34.6 Å². The van der Waals surface area contributed by atoms with Crippen molar-refractivity contribution in [3.63, 3.8) is 0 Å². The Hall–Kier alpha value is -2.52. The predicted octanol–water partition coefficient (Wildman–Crippen LogP) is 4.10. The SMILES string of the molecule is CCOC(=O)c1nn(CC(C)C)c2c1CN(C(=O)c1csc(-c3cccs3)n1)CC2.